The van der Waals surface area contributed by atoms with E-state index in [1.54, 1.807) is 0 Å². The minimum absolute atomic E-state index is 0.113. The number of hydrogen-bond acceptors (Lipinski definition) is 3. The van der Waals surface area contributed by atoms with E-state index < -0.39 is 10.0 Å². The molecule has 6 heteroatoms. The van der Waals surface area contributed by atoms with Crippen molar-refractivity contribution in [2.45, 2.75) is 26.2 Å². The number of nitrogens with zero attached hydrogens (tertiary/aromatic N) is 1. The second-order valence-corrected chi connectivity index (χ2v) is 6.16. The molecule has 1 amide bonds. The van der Waals surface area contributed by atoms with Gasteiger partial charge in [0, 0.05) is 25.6 Å². The molecule has 94 valence electrons. The number of rotatable bonds is 7. The third-order valence-electron chi connectivity index (χ3n) is 2.65. The molecule has 1 fully saturated rings. The zero-order valence-electron chi connectivity index (χ0n) is 9.90. The Labute approximate surface area is 97.2 Å². The molecule has 0 radical (unpaired) electrons. The molecule has 0 aliphatic heterocycles. The van der Waals surface area contributed by atoms with Crippen molar-refractivity contribution in [2.75, 3.05) is 25.9 Å². The van der Waals surface area contributed by atoms with Crippen LogP contribution >= 0.6 is 0 Å². The highest BCUT2D eigenvalue weighted by Gasteiger charge is 2.29. The maximum Gasteiger partial charge on any atom is 0.223 e. The lowest BCUT2D eigenvalue weighted by atomic mass is 10.3. The third-order valence-corrected chi connectivity index (χ3v) is 4.03. The molecule has 5 nitrogen and oxygen atoms in total. The third kappa shape index (κ3) is 4.49. The molecule has 1 saturated carbocycles. The molecule has 0 atom stereocenters. The topological polar surface area (TPSA) is 66.5 Å². The lowest BCUT2D eigenvalue weighted by Crippen LogP contribution is -2.33. The van der Waals surface area contributed by atoms with Gasteiger partial charge in [0.05, 0.1) is 6.26 Å². The maximum absolute atomic E-state index is 11.3. The first-order chi connectivity index (χ1) is 7.45. The molecule has 0 unspecified atom stereocenters. The summed E-state index contributed by atoms with van der Waals surface area (Å²) < 4.78 is 23.9. The van der Waals surface area contributed by atoms with E-state index in [0.29, 0.717) is 26.1 Å². The highest BCUT2D eigenvalue weighted by Crippen LogP contribution is 2.28. The number of carbonyl (C=O) groups is 1. The summed E-state index contributed by atoms with van der Waals surface area (Å²) in [5.74, 6) is 0.333. The summed E-state index contributed by atoms with van der Waals surface area (Å²) >= 11 is 0. The Hall–Kier alpha value is -0.620. The Morgan fingerprint density at radius 2 is 2.06 bits per heavy atom. The van der Waals surface area contributed by atoms with E-state index in [9.17, 15) is 13.2 Å². The van der Waals surface area contributed by atoms with Gasteiger partial charge in [0.15, 0.2) is 0 Å². The van der Waals surface area contributed by atoms with Gasteiger partial charge in [-0.1, -0.05) is 6.92 Å². The number of sulfonamides is 1. The van der Waals surface area contributed by atoms with E-state index in [-0.39, 0.29) is 11.8 Å². The van der Waals surface area contributed by atoms with Gasteiger partial charge >= 0.3 is 0 Å². The van der Waals surface area contributed by atoms with Crippen LogP contribution in [-0.2, 0) is 14.8 Å². The second-order valence-electron chi connectivity index (χ2n) is 4.17. The highest BCUT2D eigenvalue weighted by atomic mass is 32.2. The lowest BCUT2D eigenvalue weighted by molar-refractivity contribution is -0.122. The molecule has 1 N–H and O–H groups in total. The normalized spacial score (nSPS) is 16.4. The van der Waals surface area contributed by atoms with Crippen LogP contribution < -0.4 is 5.32 Å². The lowest BCUT2D eigenvalue weighted by Gasteiger charge is -2.17. The molecule has 0 aromatic carbocycles. The van der Waals surface area contributed by atoms with E-state index >= 15 is 0 Å². The molecule has 0 heterocycles. The summed E-state index contributed by atoms with van der Waals surface area (Å²) in [6.07, 6.45) is 3.87. The van der Waals surface area contributed by atoms with E-state index in [0.717, 1.165) is 12.8 Å². The van der Waals surface area contributed by atoms with Gasteiger partial charge in [-0.3, -0.25) is 4.79 Å². The van der Waals surface area contributed by atoms with Crippen molar-refractivity contribution in [1.29, 1.82) is 0 Å². The van der Waals surface area contributed by atoms with Gasteiger partial charge in [0.1, 0.15) is 0 Å². The molecular formula is C10H20N2O3S. The first-order valence-corrected chi connectivity index (χ1v) is 7.52. The van der Waals surface area contributed by atoms with Gasteiger partial charge in [-0.2, -0.15) is 0 Å². The molecule has 16 heavy (non-hydrogen) atoms. The van der Waals surface area contributed by atoms with Crippen LogP contribution in [0.1, 0.15) is 26.2 Å². The predicted molar refractivity (Wildman–Crippen MR) is 62.4 cm³/mol. The first kappa shape index (κ1) is 13.4. The van der Waals surface area contributed by atoms with Crippen molar-refractivity contribution in [3.63, 3.8) is 0 Å². The minimum Gasteiger partial charge on any atom is -0.356 e. The molecule has 1 rings (SSSR count). The van der Waals surface area contributed by atoms with Crippen molar-refractivity contribution >= 4 is 15.9 Å². The number of amides is 1. The molecule has 0 aromatic heterocycles. The van der Waals surface area contributed by atoms with E-state index in [1.807, 2.05) is 6.92 Å². The van der Waals surface area contributed by atoms with Crippen LogP contribution in [-0.4, -0.2) is 44.5 Å². The fourth-order valence-corrected chi connectivity index (χ4v) is 2.45. The van der Waals surface area contributed by atoms with Gasteiger partial charge < -0.3 is 5.32 Å². The molecule has 0 saturated heterocycles. The average molecular weight is 248 g/mol. The van der Waals surface area contributed by atoms with Crippen LogP contribution in [0.2, 0.25) is 0 Å². The fourth-order valence-electron chi connectivity index (χ4n) is 1.52. The average Bonchev–Trinajstić information content (AvgIpc) is 2.98. The molecule has 0 bridgehead atoms. The Morgan fingerprint density at radius 1 is 1.44 bits per heavy atom. The smallest absolute Gasteiger partial charge is 0.223 e. The van der Waals surface area contributed by atoms with Gasteiger partial charge in [-0.25, -0.2) is 12.7 Å². The van der Waals surface area contributed by atoms with Crippen LogP contribution in [0, 0.1) is 5.92 Å². The second kappa shape index (κ2) is 5.63. The highest BCUT2D eigenvalue weighted by molar-refractivity contribution is 7.88. The first-order valence-electron chi connectivity index (χ1n) is 5.68. The Balaban J connectivity index is 2.16. The minimum atomic E-state index is -3.10. The van der Waals surface area contributed by atoms with Crippen LogP contribution in [0.4, 0.5) is 0 Å². The fraction of sp³-hybridized carbons (Fsp3) is 0.900. The Morgan fingerprint density at radius 3 is 2.50 bits per heavy atom. The summed E-state index contributed by atoms with van der Waals surface area (Å²) in [5, 5.41) is 2.82. The van der Waals surface area contributed by atoms with Crippen molar-refractivity contribution < 1.29 is 13.2 Å². The maximum atomic E-state index is 11.3. The summed E-state index contributed by atoms with van der Waals surface area (Å²) in [4.78, 5) is 11.3. The quantitative estimate of drug-likeness (QED) is 0.654. The monoisotopic (exact) mass is 248 g/mol. The summed E-state index contributed by atoms with van der Waals surface area (Å²) in [5.41, 5.74) is 0. The molecule has 0 aromatic rings. The van der Waals surface area contributed by atoms with Crippen LogP contribution in [0.3, 0.4) is 0 Å². The SMILES string of the molecule is CCN(CCCNC(=O)C1CC1)S(C)(=O)=O. The standard InChI is InChI=1S/C10H20N2O3S/c1-3-12(16(2,14)15)8-4-7-11-10(13)9-5-6-9/h9H,3-8H2,1-2H3,(H,11,13). The largest absolute Gasteiger partial charge is 0.356 e. The number of hydrogen-bond donors (Lipinski definition) is 1. The summed E-state index contributed by atoms with van der Waals surface area (Å²) in [6.45, 7) is 3.32. The van der Waals surface area contributed by atoms with Crippen LogP contribution in [0.15, 0.2) is 0 Å². The van der Waals surface area contributed by atoms with Crippen molar-refractivity contribution in [3.05, 3.63) is 0 Å². The van der Waals surface area contributed by atoms with Gasteiger partial charge in [0.2, 0.25) is 15.9 Å². The molecule has 0 spiro atoms. The van der Waals surface area contributed by atoms with Gasteiger partial charge in [-0.15, -0.1) is 0 Å². The van der Waals surface area contributed by atoms with E-state index in [2.05, 4.69) is 5.32 Å². The van der Waals surface area contributed by atoms with Crippen molar-refractivity contribution in [1.82, 2.24) is 9.62 Å². The summed E-state index contributed by atoms with van der Waals surface area (Å²) in [6, 6.07) is 0. The van der Waals surface area contributed by atoms with Crippen molar-refractivity contribution in [3.8, 4) is 0 Å². The number of nitrogens with one attached hydrogen (secondary N) is 1. The predicted octanol–water partition coefficient (Wildman–Crippen LogP) is 0.184. The zero-order valence-corrected chi connectivity index (χ0v) is 10.7. The van der Waals surface area contributed by atoms with Gasteiger partial charge in [0.25, 0.3) is 0 Å². The molecule has 1 aliphatic rings. The van der Waals surface area contributed by atoms with Crippen molar-refractivity contribution in [2.24, 2.45) is 5.92 Å². The van der Waals surface area contributed by atoms with Gasteiger partial charge in [-0.05, 0) is 19.3 Å². The Kier molecular flexibility index (Phi) is 4.73. The Bertz CT molecular complexity index is 336. The van der Waals surface area contributed by atoms with E-state index in [4.69, 9.17) is 0 Å². The molecular weight excluding hydrogens is 228 g/mol. The zero-order chi connectivity index (χ0) is 12.2. The van der Waals surface area contributed by atoms with Crippen LogP contribution in [0.25, 0.3) is 0 Å². The summed E-state index contributed by atoms with van der Waals surface area (Å²) in [7, 11) is -3.10. The van der Waals surface area contributed by atoms with Crippen LogP contribution in [0.5, 0.6) is 0 Å². The number of carbonyl (C=O) groups excluding carboxylic acids is 1. The van der Waals surface area contributed by atoms with E-state index in [1.165, 1.54) is 10.6 Å². The molecule has 1 aliphatic carbocycles.